The van der Waals surface area contributed by atoms with Crippen molar-refractivity contribution in [1.29, 1.82) is 0 Å². The van der Waals surface area contributed by atoms with Gasteiger partial charge in [-0.3, -0.25) is 4.90 Å². The van der Waals surface area contributed by atoms with Gasteiger partial charge in [0.25, 0.3) is 0 Å². The number of nitrogens with zero attached hydrogens (tertiary/aromatic N) is 5. The lowest BCUT2D eigenvalue weighted by Gasteiger charge is -2.26. The molecule has 0 bridgehead atoms. The highest BCUT2D eigenvalue weighted by molar-refractivity contribution is 5.79. The molecule has 30 heavy (non-hydrogen) atoms. The first kappa shape index (κ1) is 22.2. The van der Waals surface area contributed by atoms with Crippen LogP contribution >= 0.6 is 0 Å². The maximum Gasteiger partial charge on any atom is 0.191 e. The summed E-state index contributed by atoms with van der Waals surface area (Å²) in [5.74, 6) is 2.22. The highest BCUT2D eigenvalue weighted by Gasteiger charge is 2.10. The summed E-state index contributed by atoms with van der Waals surface area (Å²) in [6, 6.07) is 5.10. The molecule has 1 aromatic heterocycles. The normalized spacial score (nSPS) is 15.4. The molecule has 1 fully saturated rings. The minimum Gasteiger partial charge on any atom is -0.379 e. The van der Waals surface area contributed by atoms with E-state index in [1.807, 2.05) is 24.6 Å². The largest absolute Gasteiger partial charge is 0.379 e. The molecule has 8 nitrogen and oxygen atoms in total. The Morgan fingerprint density at radius 2 is 2.00 bits per heavy atom. The fraction of sp³-hybridized carbons (Fsp3) is 0.571. The summed E-state index contributed by atoms with van der Waals surface area (Å²) in [6.45, 7) is 10.1. The zero-order chi connectivity index (χ0) is 21.3. The van der Waals surface area contributed by atoms with Crippen LogP contribution in [0.3, 0.4) is 0 Å². The van der Waals surface area contributed by atoms with Gasteiger partial charge in [0.05, 0.1) is 26.3 Å². The summed E-state index contributed by atoms with van der Waals surface area (Å²) in [6.07, 6.45) is 1.01. The molecular formula is C21H32FN7O. The average molecular weight is 418 g/mol. The van der Waals surface area contributed by atoms with E-state index in [4.69, 9.17) is 4.74 Å². The van der Waals surface area contributed by atoms with Crippen LogP contribution < -0.4 is 10.6 Å². The van der Waals surface area contributed by atoms with Gasteiger partial charge in [-0.05, 0) is 44.0 Å². The second kappa shape index (κ2) is 11.0. The van der Waals surface area contributed by atoms with E-state index < -0.39 is 0 Å². The van der Waals surface area contributed by atoms with E-state index in [0.717, 1.165) is 63.0 Å². The molecule has 0 unspecified atom stereocenters. The average Bonchev–Trinajstić information content (AvgIpc) is 3.07. The van der Waals surface area contributed by atoms with Gasteiger partial charge in [-0.1, -0.05) is 12.1 Å². The van der Waals surface area contributed by atoms with Gasteiger partial charge in [0, 0.05) is 26.7 Å². The third kappa shape index (κ3) is 6.50. The third-order valence-electron chi connectivity index (χ3n) is 5.29. The summed E-state index contributed by atoms with van der Waals surface area (Å²) < 4.78 is 20.9. The minimum absolute atomic E-state index is 0.194. The number of ether oxygens (including phenoxy) is 1. The van der Waals surface area contributed by atoms with Gasteiger partial charge in [0.2, 0.25) is 0 Å². The summed E-state index contributed by atoms with van der Waals surface area (Å²) in [4.78, 5) is 7.10. The molecule has 9 heteroatoms. The van der Waals surface area contributed by atoms with E-state index in [-0.39, 0.29) is 5.82 Å². The first-order valence-corrected chi connectivity index (χ1v) is 10.4. The number of nitrogens with one attached hydrogen (secondary N) is 2. The van der Waals surface area contributed by atoms with Crippen LogP contribution in [0.15, 0.2) is 23.2 Å². The van der Waals surface area contributed by atoms with E-state index in [0.29, 0.717) is 24.6 Å². The van der Waals surface area contributed by atoms with Crippen molar-refractivity contribution in [3.05, 3.63) is 46.8 Å². The number of hydrogen-bond acceptors (Lipinski definition) is 5. The predicted octanol–water partition coefficient (Wildman–Crippen LogP) is 1.53. The number of aliphatic imine (C=N–C) groups is 1. The van der Waals surface area contributed by atoms with E-state index >= 15 is 0 Å². The Labute approximate surface area is 177 Å². The van der Waals surface area contributed by atoms with Crippen molar-refractivity contribution >= 4 is 5.96 Å². The standard InChI is InChI=1S/C21H32FN7O/c1-16-13-18(5-6-19(16)22)14-24-21(25-15-20-27-26-17(2)28(20)3)23-7-4-8-29-9-11-30-12-10-29/h5-6,13H,4,7-12,14-15H2,1-3H3,(H2,23,24,25). The molecule has 1 saturated heterocycles. The monoisotopic (exact) mass is 417 g/mol. The van der Waals surface area contributed by atoms with Gasteiger partial charge in [-0.25, -0.2) is 9.38 Å². The van der Waals surface area contributed by atoms with Crippen molar-refractivity contribution in [3.63, 3.8) is 0 Å². The Morgan fingerprint density at radius 3 is 2.70 bits per heavy atom. The number of guanidine groups is 1. The Hall–Kier alpha value is -2.52. The molecule has 3 rings (SSSR count). The van der Waals surface area contributed by atoms with Gasteiger partial charge in [0.1, 0.15) is 11.6 Å². The summed E-state index contributed by atoms with van der Waals surface area (Å²) >= 11 is 0. The molecule has 0 amide bonds. The van der Waals surface area contributed by atoms with Gasteiger partial charge in [0.15, 0.2) is 11.8 Å². The molecule has 164 valence electrons. The third-order valence-corrected chi connectivity index (χ3v) is 5.29. The lowest BCUT2D eigenvalue weighted by atomic mass is 10.1. The van der Waals surface area contributed by atoms with Gasteiger partial charge < -0.3 is 19.9 Å². The zero-order valence-electron chi connectivity index (χ0n) is 18.1. The fourth-order valence-electron chi connectivity index (χ4n) is 3.25. The van der Waals surface area contributed by atoms with Crippen LogP contribution in [-0.4, -0.2) is 65.0 Å². The van der Waals surface area contributed by atoms with Crippen molar-refractivity contribution in [1.82, 2.24) is 30.3 Å². The molecule has 0 atom stereocenters. The molecular weight excluding hydrogens is 385 g/mol. The number of benzene rings is 1. The molecule has 2 N–H and O–H groups in total. The molecule has 0 spiro atoms. The Kier molecular flexibility index (Phi) is 8.15. The molecule has 0 radical (unpaired) electrons. The smallest absolute Gasteiger partial charge is 0.191 e. The maximum absolute atomic E-state index is 13.5. The SMILES string of the molecule is Cc1cc(CN=C(NCCCN2CCOCC2)NCc2nnc(C)n2C)ccc1F. The zero-order valence-corrected chi connectivity index (χ0v) is 18.1. The fourth-order valence-corrected chi connectivity index (χ4v) is 3.25. The van der Waals surface area contributed by atoms with Crippen LogP contribution in [0.5, 0.6) is 0 Å². The number of aryl methyl sites for hydroxylation is 2. The van der Waals surface area contributed by atoms with Crippen molar-refractivity contribution in [2.24, 2.45) is 12.0 Å². The summed E-state index contributed by atoms with van der Waals surface area (Å²) in [7, 11) is 1.94. The van der Waals surface area contributed by atoms with Crippen LogP contribution in [0.2, 0.25) is 0 Å². The van der Waals surface area contributed by atoms with Gasteiger partial charge in [-0.2, -0.15) is 0 Å². The molecule has 1 aliphatic heterocycles. The second-order valence-corrected chi connectivity index (χ2v) is 7.56. The lowest BCUT2D eigenvalue weighted by Crippen LogP contribution is -2.40. The molecule has 1 aliphatic rings. The van der Waals surface area contributed by atoms with Crippen LogP contribution in [0.25, 0.3) is 0 Å². The van der Waals surface area contributed by atoms with Gasteiger partial charge in [-0.15, -0.1) is 10.2 Å². The summed E-state index contributed by atoms with van der Waals surface area (Å²) in [5.41, 5.74) is 1.60. The topological polar surface area (TPSA) is 79.6 Å². The highest BCUT2D eigenvalue weighted by atomic mass is 19.1. The van der Waals surface area contributed by atoms with Crippen molar-refractivity contribution in [3.8, 4) is 0 Å². The molecule has 0 aliphatic carbocycles. The van der Waals surface area contributed by atoms with E-state index in [9.17, 15) is 4.39 Å². The predicted molar refractivity (Wildman–Crippen MR) is 115 cm³/mol. The van der Waals surface area contributed by atoms with Crippen LogP contribution in [0.1, 0.15) is 29.2 Å². The maximum atomic E-state index is 13.5. The second-order valence-electron chi connectivity index (χ2n) is 7.56. The highest BCUT2D eigenvalue weighted by Crippen LogP contribution is 2.10. The van der Waals surface area contributed by atoms with E-state index in [2.05, 4.69) is 30.7 Å². The number of rotatable bonds is 8. The summed E-state index contributed by atoms with van der Waals surface area (Å²) in [5, 5.41) is 15.0. The minimum atomic E-state index is -0.194. The van der Waals surface area contributed by atoms with Crippen molar-refractivity contribution < 1.29 is 9.13 Å². The number of halogens is 1. The Bertz CT molecular complexity index is 846. The van der Waals surface area contributed by atoms with Crippen molar-refractivity contribution in [2.45, 2.75) is 33.4 Å². The van der Waals surface area contributed by atoms with Crippen molar-refractivity contribution in [2.75, 3.05) is 39.4 Å². The first-order valence-electron chi connectivity index (χ1n) is 10.4. The molecule has 1 aromatic carbocycles. The Balaban J connectivity index is 1.56. The molecule has 2 heterocycles. The quantitative estimate of drug-likeness (QED) is 0.385. The molecule has 2 aromatic rings. The van der Waals surface area contributed by atoms with Crippen LogP contribution in [0, 0.1) is 19.7 Å². The van der Waals surface area contributed by atoms with E-state index in [1.165, 1.54) is 6.07 Å². The van der Waals surface area contributed by atoms with Gasteiger partial charge >= 0.3 is 0 Å². The van der Waals surface area contributed by atoms with Crippen LogP contribution in [-0.2, 0) is 24.9 Å². The Morgan fingerprint density at radius 1 is 1.20 bits per heavy atom. The molecule has 0 saturated carbocycles. The first-order chi connectivity index (χ1) is 14.5. The lowest BCUT2D eigenvalue weighted by molar-refractivity contribution is 0.0376. The number of hydrogen-bond donors (Lipinski definition) is 2. The van der Waals surface area contributed by atoms with Crippen LogP contribution in [0.4, 0.5) is 4.39 Å². The van der Waals surface area contributed by atoms with E-state index in [1.54, 1.807) is 13.0 Å². The number of aromatic nitrogens is 3. The number of morpholine rings is 1.